The van der Waals surface area contributed by atoms with Gasteiger partial charge in [0.1, 0.15) is 12.4 Å². The molecule has 0 aromatic heterocycles. The molecular weight excluding hydrogens is 303 g/mol. The van der Waals surface area contributed by atoms with Crippen LogP contribution < -0.4 is 5.32 Å². The number of carboxylic acid groups (broad SMARTS) is 1. The zero-order valence-corrected chi connectivity index (χ0v) is 12.4. The quantitative estimate of drug-likeness (QED) is 0.862. The number of benzene rings is 1. The minimum atomic E-state index is -1.26. The van der Waals surface area contributed by atoms with Gasteiger partial charge in [0.15, 0.2) is 0 Å². The molecule has 0 radical (unpaired) electrons. The number of carboxylic acids is 1. The maximum Gasteiger partial charge on any atom is 0.335 e. The summed E-state index contributed by atoms with van der Waals surface area (Å²) in [6, 6.07) is 2.98. The zero-order valence-electron chi connectivity index (χ0n) is 12.4. The molecule has 2 fully saturated rings. The van der Waals surface area contributed by atoms with Crippen LogP contribution in [0.25, 0.3) is 0 Å². The second kappa shape index (κ2) is 5.98. The molecule has 1 saturated heterocycles. The van der Waals surface area contributed by atoms with Gasteiger partial charge in [-0.05, 0) is 31.0 Å². The van der Waals surface area contributed by atoms with E-state index in [1.54, 1.807) is 0 Å². The highest BCUT2D eigenvalue weighted by molar-refractivity contribution is 5.98. The Kier molecular flexibility index (Phi) is 4.02. The SMILES string of the molecule is O=C1CN(C(=O)c2ccc(C(=O)O)cc2F)C2CCCCC2N1. The number of carbonyl (C=O) groups is 3. The number of amides is 2. The van der Waals surface area contributed by atoms with Gasteiger partial charge in [0.05, 0.1) is 17.2 Å². The Hall–Kier alpha value is -2.44. The van der Waals surface area contributed by atoms with Crippen LogP contribution in [-0.4, -0.2) is 46.4 Å². The highest BCUT2D eigenvalue weighted by atomic mass is 19.1. The van der Waals surface area contributed by atoms with Gasteiger partial charge in [-0.3, -0.25) is 9.59 Å². The van der Waals surface area contributed by atoms with E-state index in [2.05, 4.69) is 5.32 Å². The topological polar surface area (TPSA) is 86.7 Å². The number of piperazine rings is 1. The number of hydrogen-bond donors (Lipinski definition) is 2. The molecule has 6 nitrogen and oxygen atoms in total. The van der Waals surface area contributed by atoms with Crippen LogP contribution in [0, 0.1) is 5.82 Å². The lowest BCUT2D eigenvalue weighted by Crippen LogP contribution is -2.63. The molecule has 1 saturated carbocycles. The van der Waals surface area contributed by atoms with Crippen molar-refractivity contribution in [3.63, 3.8) is 0 Å². The van der Waals surface area contributed by atoms with Gasteiger partial charge in [0.25, 0.3) is 5.91 Å². The van der Waals surface area contributed by atoms with Gasteiger partial charge in [-0.2, -0.15) is 0 Å². The number of hydrogen-bond acceptors (Lipinski definition) is 3. The largest absolute Gasteiger partial charge is 0.478 e. The molecule has 23 heavy (non-hydrogen) atoms. The molecule has 3 rings (SSSR count). The second-order valence-electron chi connectivity index (χ2n) is 5.96. The van der Waals surface area contributed by atoms with Crippen molar-refractivity contribution in [1.82, 2.24) is 10.2 Å². The van der Waals surface area contributed by atoms with E-state index in [-0.39, 0.29) is 35.7 Å². The fourth-order valence-electron chi connectivity index (χ4n) is 3.38. The van der Waals surface area contributed by atoms with Gasteiger partial charge in [-0.1, -0.05) is 12.8 Å². The normalized spacial score (nSPS) is 23.9. The minimum Gasteiger partial charge on any atom is -0.478 e. The van der Waals surface area contributed by atoms with Crippen molar-refractivity contribution in [3.05, 3.63) is 35.1 Å². The maximum atomic E-state index is 14.1. The molecule has 2 unspecified atom stereocenters. The van der Waals surface area contributed by atoms with Crippen LogP contribution in [-0.2, 0) is 4.79 Å². The van der Waals surface area contributed by atoms with Crippen molar-refractivity contribution in [2.75, 3.05) is 6.54 Å². The average Bonchev–Trinajstić information content (AvgIpc) is 2.53. The first-order valence-electron chi connectivity index (χ1n) is 7.60. The van der Waals surface area contributed by atoms with Gasteiger partial charge in [0, 0.05) is 6.04 Å². The molecule has 1 heterocycles. The van der Waals surface area contributed by atoms with Gasteiger partial charge in [-0.25, -0.2) is 9.18 Å². The molecule has 2 N–H and O–H groups in total. The van der Waals surface area contributed by atoms with E-state index in [1.807, 2.05) is 0 Å². The van der Waals surface area contributed by atoms with Gasteiger partial charge >= 0.3 is 5.97 Å². The van der Waals surface area contributed by atoms with Crippen LogP contribution in [0.15, 0.2) is 18.2 Å². The molecule has 2 aliphatic rings. The third-order valence-corrected chi connectivity index (χ3v) is 4.50. The Morgan fingerprint density at radius 2 is 2.00 bits per heavy atom. The van der Waals surface area contributed by atoms with Crippen LogP contribution >= 0.6 is 0 Å². The number of carbonyl (C=O) groups excluding carboxylic acids is 2. The number of fused-ring (bicyclic) bond motifs is 1. The summed E-state index contributed by atoms with van der Waals surface area (Å²) in [7, 11) is 0. The Morgan fingerprint density at radius 3 is 2.70 bits per heavy atom. The summed E-state index contributed by atoms with van der Waals surface area (Å²) in [5.74, 6) is -2.95. The summed E-state index contributed by atoms with van der Waals surface area (Å²) < 4.78 is 14.1. The molecule has 7 heteroatoms. The van der Waals surface area contributed by atoms with E-state index in [0.29, 0.717) is 0 Å². The lowest BCUT2D eigenvalue weighted by molar-refractivity contribution is -0.127. The van der Waals surface area contributed by atoms with Crippen molar-refractivity contribution in [3.8, 4) is 0 Å². The minimum absolute atomic E-state index is 0.0877. The van der Waals surface area contributed by atoms with Crippen molar-refractivity contribution in [2.45, 2.75) is 37.8 Å². The van der Waals surface area contributed by atoms with Crippen LogP contribution in [0.4, 0.5) is 4.39 Å². The smallest absolute Gasteiger partial charge is 0.335 e. The fourth-order valence-corrected chi connectivity index (χ4v) is 3.38. The summed E-state index contributed by atoms with van der Waals surface area (Å²) in [6.45, 7) is -0.0971. The van der Waals surface area contributed by atoms with Crippen LogP contribution in [0.5, 0.6) is 0 Å². The molecule has 0 bridgehead atoms. The number of aromatic carboxylic acids is 1. The number of halogens is 1. The molecule has 1 aliphatic heterocycles. The molecule has 122 valence electrons. The van der Waals surface area contributed by atoms with Gasteiger partial charge < -0.3 is 15.3 Å². The standard InChI is InChI=1S/C16H17FN2O4/c17-11-7-9(16(22)23)5-6-10(11)15(21)19-8-14(20)18-12-3-1-2-4-13(12)19/h5-7,12-13H,1-4,8H2,(H,18,20)(H,22,23). The molecule has 1 aromatic rings. The lowest BCUT2D eigenvalue weighted by atomic mass is 9.87. The van der Waals surface area contributed by atoms with Crippen LogP contribution in [0.1, 0.15) is 46.4 Å². The van der Waals surface area contributed by atoms with Crippen molar-refractivity contribution >= 4 is 17.8 Å². The van der Waals surface area contributed by atoms with Crippen LogP contribution in [0.3, 0.4) is 0 Å². The summed E-state index contributed by atoms with van der Waals surface area (Å²) in [5.41, 5.74) is -0.417. The predicted molar refractivity (Wildman–Crippen MR) is 78.6 cm³/mol. The van der Waals surface area contributed by atoms with Gasteiger partial charge in [0.2, 0.25) is 5.91 Å². The van der Waals surface area contributed by atoms with E-state index < -0.39 is 17.7 Å². The van der Waals surface area contributed by atoms with Gasteiger partial charge in [-0.15, -0.1) is 0 Å². The molecule has 2 atom stereocenters. The molecule has 2 amide bonds. The molecule has 1 aromatic carbocycles. The van der Waals surface area contributed by atoms with E-state index >= 15 is 0 Å². The summed E-state index contributed by atoms with van der Waals surface area (Å²) in [6.07, 6.45) is 3.53. The third-order valence-electron chi connectivity index (χ3n) is 4.50. The second-order valence-corrected chi connectivity index (χ2v) is 5.96. The number of nitrogens with one attached hydrogen (secondary N) is 1. The Bertz CT molecular complexity index is 676. The van der Waals surface area contributed by atoms with Crippen molar-refractivity contribution in [1.29, 1.82) is 0 Å². The first kappa shape index (κ1) is 15.5. The Morgan fingerprint density at radius 1 is 1.26 bits per heavy atom. The summed E-state index contributed by atoms with van der Waals surface area (Å²) in [4.78, 5) is 36.7. The molecule has 0 spiro atoms. The van der Waals surface area contributed by atoms with Crippen LogP contribution in [0.2, 0.25) is 0 Å². The first-order valence-corrected chi connectivity index (χ1v) is 7.60. The average molecular weight is 320 g/mol. The summed E-state index contributed by atoms with van der Waals surface area (Å²) >= 11 is 0. The number of nitrogens with zero attached hydrogens (tertiary/aromatic N) is 1. The maximum absolute atomic E-state index is 14.1. The van der Waals surface area contributed by atoms with E-state index in [0.717, 1.165) is 31.7 Å². The molecular formula is C16H17FN2O4. The monoisotopic (exact) mass is 320 g/mol. The highest BCUT2D eigenvalue weighted by Gasteiger charge is 2.39. The highest BCUT2D eigenvalue weighted by Crippen LogP contribution is 2.27. The number of rotatable bonds is 2. The Balaban J connectivity index is 1.89. The van der Waals surface area contributed by atoms with E-state index in [4.69, 9.17) is 5.11 Å². The zero-order chi connectivity index (χ0) is 16.6. The van der Waals surface area contributed by atoms with E-state index in [9.17, 15) is 18.8 Å². The molecule has 1 aliphatic carbocycles. The fraction of sp³-hybridized carbons (Fsp3) is 0.438. The Labute approximate surface area is 132 Å². The first-order chi connectivity index (χ1) is 11.0. The van der Waals surface area contributed by atoms with E-state index in [1.165, 1.54) is 17.0 Å². The van der Waals surface area contributed by atoms with Crippen molar-refractivity contribution in [2.24, 2.45) is 0 Å². The predicted octanol–water partition coefficient (Wildman–Crippen LogP) is 1.41. The lowest BCUT2D eigenvalue weighted by Gasteiger charge is -2.44. The third kappa shape index (κ3) is 2.91. The summed E-state index contributed by atoms with van der Waals surface area (Å²) in [5, 5.41) is 11.8. The van der Waals surface area contributed by atoms with Crippen molar-refractivity contribution < 1.29 is 23.9 Å².